The van der Waals surface area contributed by atoms with Crippen LogP contribution in [0.5, 0.6) is 0 Å². The van der Waals surface area contributed by atoms with E-state index >= 15 is 0 Å². The molecule has 154 valence electrons. The summed E-state index contributed by atoms with van der Waals surface area (Å²) in [6.07, 6.45) is 2.16. The molecule has 1 rings (SSSR count). The fraction of sp³-hybridized carbons (Fsp3) is 0.667. The molecule has 5 nitrogen and oxygen atoms in total. The molecule has 0 amide bonds. The van der Waals surface area contributed by atoms with Gasteiger partial charge in [-0.15, -0.1) is 0 Å². The van der Waals surface area contributed by atoms with E-state index in [1.54, 1.807) is 6.92 Å². The molecule has 0 fully saturated rings. The molecule has 0 saturated carbocycles. The average molecular weight is 398 g/mol. The summed E-state index contributed by atoms with van der Waals surface area (Å²) in [4.78, 5) is 11.7. The smallest absolute Gasteiger partial charge is 0.334 e. The van der Waals surface area contributed by atoms with Gasteiger partial charge in [-0.25, -0.2) is 0 Å². The van der Waals surface area contributed by atoms with Crippen LogP contribution in [0.4, 0.5) is 0 Å². The maximum absolute atomic E-state index is 13.4. The van der Waals surface area contributed by atoms with E-state index in [0.29, 0.717) is 12.6 Å². The highest BCUT2D eigenvalue weighted by molar-refractivity contribution is 7.53. The summed E-state index contributed by atoms with van der Waals surface area (Å²) in [7, 11) is -3.42. The first-order valence-electron chi connectivity index (χ1n) is 9.76. The van der Waals surface area contributed by atoms with E-state index in [9.17, 15) is 9.36 Å². The second-order valence-electron chi connectivity index (χ2n) is 8.04. The van der Waals surface area contributed by atoms with Crippen LogP contribution < -0.4 is 0 Å². The van der Waals surface area contributed by atoms with Crippen LogP contribution in [0.3, 0.4) is 0 Å². The lowest BCUT2D eigenvalue weighted by Crippen LogP contribution is -2.28. The van der Waals surface area contributed by atoms with Crippen molar-refractivity contribution in [3.63, 3.8) is 0 Å². The van der Waals surface area contributed by atoms with E-state index in [-0.39, 0.29) is 18.3 Å². The SMILES string of the molecule is CCC(=O)OC(OP(=O)(CCCCc1ccccc1)OC(C)(C)C)C(C)C. The van der Waals surface area contributed by atoms with Crippen molar-refractivity contribution in [2.24, 2.45) is 5.92 Å². The van der Waals surface area contributed by atoms with Gasteiger partial charge in [0.25, 0.3) is 0 Å². The van der Waals surface area contributed by atoms with Crippen LogP contribution >= 0.6 is 7.60 Å². The summed E-state index contributed by atoms with van der Waals surface area (Å²) >= 11 is 0. The van der Waals surface area contributed by atoms with E-state index in [2.05, 4.69) is 12.1 Å². The Morgan fingerprint density at radius 3 is 2.26 bits per heavy atom. The monoisotopic (exact) mass is 398 g/mol. The van der Waals surface area contributed by atoms with Gasteiger partial charge in [0.2, 0.25) is 6.29 Å². The third-order valence-electron chi connectivity index (χ3n) is 3.75. The molecule has 2 atom stereocenters. The second-order valence-corrected chi connectivity index (χ2v) is 10.1. The normalized spacial score (nSPS) is 15.4. The summed E-state index contributed by atoms with van der Waals surface area (Å²) in [6, 6.07) is 10.2. The number of carbonyl (C=O) groups excluding carboxylic acids is 1. The molecule has 6 heteroatoms. The molecule has 0 N–H and O–H groups in total. The zero-order valence-electron chi connectivity index (χ0n) is 17.6. The van der Waals surface area contributed by atoms with E-state index < -0.39 is 19.5 Å². The van der Waals surface area contributed by atoms with Gasteiger partial charge in [0, 0.05) is 12.3 Å². The molecule has 2 unspecified atom stereocenters. The van der Waals surface area contributed by atoms with E-state index in [4.69, 9.17) is 13.8 Å². The van der Waals surface area contributed by atoms with Crippen molar-refractivity contribution >= 4 is 13.6 Å². The minimum absolute atomic E-state index is 0.123. The Balaban J connectivity index is 2.74. The van der Waals surface area contributed by atoms with Gasteiger partial charge in [-0.2, -0.15) is 0 Å². The number of rotatable bonds is 11. The molecule has 0 spiro atoms. The van der Waals surface area contributed by atoms with Crippen LogP contribution in [0.25, 0.3) is 0 Å². The lowest BCUT2D eigenvalue weighted by atomic mass is 10.1. The first kappa shape index (κ1) is 23.9. The van der Waals surface area contributed by atoms with Gasteiger partial charge in [0.15, 0.2) is 0 Å². The molecule has 0 aliphatic heterocycles. The number of hydrogen-bond donors (Lipinski definition) is 0. The van der Waals surface area contributed by atoms with Crippen LogP contribution in [-0.2, 0) is 29.6 Å². The largest absolute Gasteiger partial charge is 0.435 e. The summed E-state index contributed by atoms with van der Waals surface area (Å²) in [5, 5.41) is 0. The molecule has 0 aromatic heterocycles. The van der Waals surface area contributed by atoms with Crippen molar-refractivity contribution in [2.45, 2.75) is 79.1 Å². The highest BCUT2D eigenvalue weighted by Gasteiger charge is 2.35. The Morgan fingerprint density at radius 1 is 1.11 bits per heavy atom. The molecule has 0 aliphatic carbocycles. The Bertz CT molecular complexity index is 607. The van der Waals surface area contributed by atoms with Crippen LogP contribution in [0, 0.1) is 5.92 Å². The summed E-state index contributed by atoms with van der Waals surface area (Å²) in [6.45, 7) is 11.0. The van der Waals surface area contributed by atoms with Crippen LogP contribution in [-0.4, -0.2) is 24.0 Å². The number of esters is 1. The molecular formula is C21H35O5P. The average Bonchev–Trinajstić information content (AvgIpc) is 2.57. The molecule has 0 radical (unpaired) electrons. The number of ether oxygens (including phenoxy) is 1. The van der Waals surface area contributed by atoms with Crippen molar-refractivity contribution in [2.75, 3.05) is 6.16 Å². The molecule has 0 heterocycles. The van der Waals surface area contributed by atoms with Crippen LogP contribution in [0.2, 0.25) is 0 Å². The van der Waals surface area contributed by atoms with Gasteiger partial charge in [0.05, 0.1) is 11.8 Å². The lowest BCUT2D eigenvalue weighted by Gasteiger charge is -2.31. The van der Waals surface area contributed by atoms with Gasteiger partial charge in [-0.1, -0.05) is 51.1 Å². The lowest BCUT2D eigenvalue weighted by molar-refractivity contribution is -0.171. The molecule has 1 aromatic carbocycles. The summed E-state index contributed by atoms with van der Waals surface area (Å²) in [5.41, 5.74) is 0.632. The van der Waals surface area contributed by atoms with Gasteiger partial charge in [-0.05, 0) is 45.6 Å². The standard InChI is InChI=1S/C21H35O5P/c1-7-19(22)24-20(17(2)3)25-27(23,26-21(4,5)6)16-12-11-15-18-13-9-8-10-14-18/h8-10,13-14,17,20H,7,11-12,15-16H2,1-6H3. The van der Waals surface area contributed by atoms with Crippen molar-refractivity contribution in [3.8, 4) is 0 Å². The topological polar surface area (TPSA) is 61.8 Å². The molecular weight excluding hydrogens is 363 g/mol. The number of carbonyl (C=O) groups is 1. The fourth-order valence-corrected chi connectivity index (χ4v) is 4.76. The number of aryl methyl sites for hydroxylation is 1. The van der Waals surface area contributed by atoms with Gasteiger partial charge in [0.1, 0.15) is 0 Å². The Kier molecular flexibility index (Phi) is 9.72. The quantitative estimate of drug-likeness (QED) is 0.199. The first-order valence-corrected chi connectivity index (χ1v) is 11.5. The third kappa shape index (κ3) is 10.1. The molecule has 27 heavy (non-hydrogen) atoms. The molecule has 0 aliphatic rings. The third-order valence-corrected chi connectivity index (χ3v) is 5.97. The van der Waals surface area contributed by atoms with Gasteiger partial charge >= 0.3 is 13.6 Å². The van der Waals surface area contributed by atoms with Crippen LogP contribution in [0.15, 0.2) is 30.3 Å². The van der Waals surface area contributed by atoms with Crippen molar-refractivity contribution in [1.82, 2.24) is 0 Å². The highest BCUT2D eigenvalue weighted by Crippen LogP contribution is 2.54. The summed E-state index contributed by atoms with van der Waals surface area (Å²) < 4.78 is 30.3. The predicted molar refractivity (Wildman–Crippen MR) is 109 cm³/mol. The Hall–Kier alpha value is -1.16. The maximum Gasteiger partial charge on any atom is 0.334 e. The highest BCUT2D eigenvalue weighted by atomic mass is 31.2. The number of unbranched alkanes of at least 4 members (excludes halogenated alkanes) is 1. The zero-order chi connectivity index (χ0) is 20.5. The minimum Gasteiger partial charge on any atom is -0.435 e. The van der Waals surface area contributed by atoms with E-state index in [1.807, 2.05) is 52.8 Å². The fourth-order valence-electron chi connectivity index (χ4n) is 2.47. The van der Waals surface area contributed by atoms with E-state index in [1.165, 1.54) is 5.56 Å². The maximum atomic E-state index is 13.4. The minimum atomic E-state index is -3.42. The summed E-state index contributed by atoms with van der Waals surface area (Å²) in [5.74, 6) is -0.498. The first-order chi connectivity index (χ1) is 12.5. The van der Waals surface area contributed by atoms with Crippen molar-refractivity contribution in [1.29, 1.82) is 0 Å². The Labute approximate surface area is 164 Å². The predicted octanol–water partition coefficient (Wildman–Crippen LogP) is 5.97. The Morgan fingerprint density at radius 2 is 1.74 bits per heavy atom. The second kappa shape index (κ2) is 11.0. The zero-order valence-corrected chi connectivity index (χ0v) is 18.5. The molecule has 0 bridgehead atoms. The number of hydrogen-bond acceptors (Lipinski definition) is 5. The molecule has 0 saturated heterocycles. The molecule has 1 aromatic rings. The number of benzene rings is 1. The van der Waals surface area contributed by atoms with Crippen molar-refractivity contribution < 1.29 is 23.1 Å². The van der Waals surface area contributed by atoms with Crippen LogP contribution in [0.1, 0.15) is 66.4 Å². The van der Waals surface area contributed by atoms with Gasteiger partial charge in [-0.3, -0.25) is 13.9 Å². The van der Waals surface area contributed by atoms with Gasteiger partial charge < -0.3 is 9.26 Å². The van der Waals surface area contributed by atoms with Crippen molar-refractivity contribution in [3.05, 3.63) is 35.9 Å². The van der Waals surface area contributed by atoms with E-state index in [0.717, 1.165) is 12.8 Å².